The molecule has 2 N–H and O–H groups in total. The van der Waals surface area contributed by atoms with E-state index < -0.39 is 16.2 Å². The summed E-state index contributed by atoms with van der Waals surface area (Å²) in [5.74, 6) is 0. The molecule has 0 aliphatic rings. The van der Waals surface area contributed by atoms with Gasteiger partial charge in [-0.25, -0.2) is 14.8 Å². The molecule has 1 aromatic carbocycles. The maximum atomic E-state index is 11.6. The number of nitrogens with one attached hydrogen (secondary N) is 2. The first-order valence-corrected chi connectivity index (χ1v) is 5.13. The zero-order chi connectivity index (χ0) is 13.6. The summed E-state index contributed by atoms with van der Waals surface area (Å²) in [6.45, 7) is 0. The number of nitro groups is 1. The molecule has 9 nitrogen and oxygen atoms in total. The van der Waals surface area contributed by atoms with Crippen molar-refractivity contribution >= 4 is 27.9 Å². The van der Waals surface area contributed by atoms with Gasteiger partial charge in [-0.05, 0) is 6.07 Å². The number of hydrogen-bond acceptors (Lipinski definition) is 6. The van der Waals surface area contributed by atoms with Gasteiger partial charge in [0.05, 0.1) is 16.0 Å². The van der Waals surface area contributed by atoms with E-state index in [2.05, 4.69) is 15.0 Å². The van der Waals surface area contributed by atoms with Crippen LogP contribution in [0.25, 0.3) is 22.2 Å². The lowest BCUT2D eigenvalue weighted by molar-refractivity contribution is -0.384. The predicted octanol–water partition coefficient (Wildman–Crippen LogP) is 0.0678. The average molecular weight is 259 g/mol. The van der Waals surface area contributed by atoms with Crippen molar-refractivity contribution in [2.24, 2.45) is 0 Å². The second kappa shape index (κ2) is 3.70. The number of benzene rings is 1. The lowest BCUT2D eigenvalue weighted by Gasteiger charge is -1.99. The summed E-state index contributed by atoms with van der Waals surface area (Å²) in [5.41, 5.74) is -1.02. The van der Waals surface area contributed by atoms with E-state index in [1.54, 1.807) is 0 Å². The number of aromatic amines is 2. The van der Waals surface area contributed by atoms with E-state index in [0.717, 1.165) is 0 Å². The fourth-order valence-electron chi connectivity index (χ4n) is 1.70. The Hall–Kier alpha value is -3.10. The number of nitrogens with zero attached hydrogens (tertiary/aromatic N) is 3. The Morgan fingerprint density at radius 2 is 1.89 bits per heavy atom. The zero-order valence-corrected chi connectivity index (χ0v) is 9.21. The van der Waals surface area contributed by atoms with Gasteiger partial charge in [0.25, 0.3) is 11.2 Å². The Morgan fingerprint density at radius 3 is 2.63 bits per heavy atom. The van der Waals surface area contributed by atoms with E-state index in [9.17, 15) is 19.7 Å². The van der Waals surface area contributed by atoms with Gasteiger partial charge in [0, 0.05) is 12.1 Å². The van der Waals surface area contributed by atoms with Crippen LogP contribution in [0.5, 0.6) is 0 Å². The van der Waals surface area contributed by atoms with Gasteiger partial charge in [0.2, 0.25) is 0 Å². The minimum absolute atomic E-state index is 0.0371. The molecule has 0 fully saturated rings. The second-order valence-electron chi connectivity index (χ2n) is 3.76. The molecule has 0 atom stereocenters. The van der Waals surface area contributed by atoms with Crippen molar-refractivity contribution in [3.8, 4) is 0 Å². The Balaban J connectivity index is 2.45. The minimum atomic E-state index is -0.695. The van der Waals surface area contributed by atoms with E-state index in [1.807, 2.05) is 4.98 Å². The number of aromatic nitrogens is 4. The highest BCUT2D eigenvalue weighted by atomic mass is 16.6. The number of hydrogen-bond donors (Lipinski definition) is 2. The Labute approximate surface area is 103 Å². The van der Waals surface area contributed by atoms with Crippen molar-refractivity contribution in [3.63, 3.8) is 0 Å². The summed E-state index contributed by atoms with van der Waals surface area (Å²) in [7, 11) is 0. The summed E-state index contributed by atoms with van der Waals surface area (Å²) < 4.78 is 0. The molecule has 9 heteroatoms. The summed E-state index contributed by atoms with van der Waals surface area (Å²) in [4.78, 5) is 45.1. The van der Waals surface area contributed by atoms with Crippen LogP contribution in [0, 0.1) is 10.1 Å². The summed E-state index contributed by atoms with van der Waals surface area (Å²) in [6.07, 6.45) is 0. The normalized spacial score (nSPS) is 10.9. The van der Waals surface area contributed by atoms with Crippen molar-refractivity contribution in [2.45, 2.75) is 0 Å². The number of nitro benzene ring substituents is 1. The standard InChI is InChI=1S/C10H5N5O4/c16-9-7-8(13-10(17)14-9)12-5-2-1-4(15(18)19)3-6(5)11-7/h1-3H,(H2,12,13,14,16,17). The third-order valence-corrected chi connectivity index (χ3v) is 2.53. The number of non-ortho nitro benzene ring substituents is 1. The monoisotopic (exact) mass is 259 g/mol. The van der Waals surface area contributed by atoms with E-state index >= 15 is 0 Å². The summed E-state index contributed by atoms with van der Waals surface area (Å²) in [6, 6.07) is 3.89. The van der Waals surface area contributed by atoms with Gasteiger partial charge in [-0.2, -0.15) is 0 Å². The van der Waals surface area contributed by atoms with E-state index in [0.29, 0.717) is 5.52 Å². The molecule has 0 bridgehead atoms. The van der Waals surface area contributed by atoms with E-state index in [1.165, 1.54) is 18.2 Å². The third kappa shape index (κ3) is 1.73. The predicted molar refractivity (Wildman–Crippen MR) is 64.9 cm³/mol. The molecular formula is C10H5N5O4. The van der Waals surface area contributed by atoms with E-state index in [-0.39, 0.29) is 22.4 Å². The molecule has 0 aliphatic heterocycles. The Morgan fingerprint density at radius 1 is 1.11 bits per heavy atom. The molecule has 0 unspecified atom stereocenters. The van der Waals surface area contributed by atoms with Crippen LogP contribution < -0.4 is 11.2 Å². The highest BCUT2D eigenvalue weighted by molar-refractivity contribution is 5.84. The van der Waals surface area contributed by atoms with Crippen LogP contribution in [-0.4, -0.2) is 24.9 Å². The second-order valence-corrected chi connectivity index (χ2v) is 3.76. The lowest BCUT2D eigenvalue weighted by atomic mass is 10.2. The van der Waals surface area contributed by atoms with Crippen LogP contribution in [0.2, 0.25) is 0 Å². The third-order valence-electron chi connectivity index (χ3n) is 2.53. The molecule has 0 spiro atoms. The summed E-state index contributed by atoms with van der Waals surface area (Å²) >= 11 is 0. The lowest BCUT2D eigenvalue weighted by Crippen LogP contribution is -2.23. The van der Waals surface area contributed by atoms with Gasteiger partial charge in [-0.3, -0.25) is 24.9 Å². The van der Waals surface area contributed by atoms with Crippen molar-refractivity contribution in [3.05, 3.63) is 49.2 Å². The maximum Gasteiger partial charge on any atom is 0.327 e. The topological polar surface area (TPSA) is 135 Å². The number of rotatable bonds is 1. The minimum Gasteiger partial charge on any atom is -0.290 e. The Kier molecular flexibility index (Phi) is 2.14. The first kappa shape index (κ1) is 11.0. The van der Waals surface area contributed by atoms with Gasteiger partial charge in [-0.1, -0.05) is 0 Å². The average Bonchev–Trinajstić information content (AvgIpc) is 2.36. The highest BCUT2D eigenvalue weighted by Crippen LogP contribution is 2.18. The van der Waals surface area contributed by atoms with Gasteiger partial charge in [-0.15, -0.1) is 0 Å². The molecule has 0 amide bonds. The first-order valence-electron chi connectivity index (χ1n) is 5.13. The molecule has 0 radical (unpaired) electrons. The van der Waals surface area contributed by atoms with E-state index in [4.69, 9.17) is 0 Å². The fraction of sp³-hybridized carbons (Fsp3) is 0. The molecule has 19 heavy (non-hydrogen) atoms. The van der Waals surface area contributed by atoms with Crippen LogP contribution in [0.4, 0.5) is 5.69 Å². The zero-order valence-electron chi connectivity index (χ0n) is 9.21. The summed E-state index contributed by atoms with van der Waals surface area (Å²) in [5, 5.41) is 10.7. The molecular weight excluding hydrogens is 254 g/mol. The quantitative estimate of drug-likeness (QED) is 0.360. The number of fused-ring (bicyclic) bond motifs is 2. The van der Waals surface area contributed by atoms with Gasteiger partial charge < -0.3 is 0 Å². The molecule has 3 rings (SSSR count). The molecule has 3 aromatic rings. The molecule has 2 heterocycles. The van der Waals surface area contributed by atoms with Crippen molar-refractivity contribution in [2.75, 3.05) is 0 Å². The maximum absolute atomic E-state index is 11.6. The van der Waals surface area contributed by atoms with Crippen molar-refractivity contribution in [1.29, 1.82) is 0 Å². The van der Waals surface area contributed by atoms with Gasteiger partial charge in [0.15, 0.2) is 11.2 Å². The van der Waals surface area contributed by atoms with Gasteiger partial charge in [0.1, 0.15) is 0 Å². The van der Waals surface area contributed by atoms with Crippen LogP contribution in [-0.2, 0) is 0 Å². The van der Waals surface area contributed by atoms with Crippen LogP contribution in [0.15, 0.2) is 27.8 Å². The fourth-order valence-corrected chi connectivity index (χ4v) is 1.70. The van der Waals surface area contributed by atoms with Crippen LogP contribution in [0.3, 0.4) is 0 Å². The van der Waals surface area contributed by atoms with Gasteiger partial charge >= 0.3 is 5.69 Å². The molecule has 2 aromatic heterocycles. The van der Waals surface area contributed by atoms with Crippen molar-refractivity contribution in [1.82, 2.24) is 19.9 Å². The molecule has 0 saturated heterocycles. The molecule has 94 valence electrons. The van der Waals surface area contributed by atoms with Crippen LogP contribution >= 0.6 is 0 Å². The van der Waals surface area contributed by atoms with Crippen LogP contribution in [0.1, 0.15) is 0 Å². The van der Waals surface area contributed by atoms with Crippen molar-refractivity contribution < 1.29 is 4.92 Å². The molecule has 0 aliphatic carbocycles. The highest BCUT2D eigenvalue weighted by Gasteiger charge is 2.10. The largest absolute Gasteiger partial charge is 0.327 e. The molecule has 0 saturated carbocycles. The number of H-pyrrole nitrogens is 2. The first-order chi connectivity index (χ1) is 9.04. The smallest absolute Gasteiger partial charge is 0.290 e. The Bertz CT molecular complexity index is 942. The SMILES string of the molecule is O=c1[nH]c(=O)c2nc3cc([N+](=O)[O-])ccc3nc2[nH]1.